The lowest BCUT2D eigenvalue weighted by atomic mass is 9.86. The number of aliphatic hydroxyl groups excluding tert-OH is 1. The molecular formula is C39H50N4O8. The summed E-state index contributed by atoms with van der Waals surface area (Å²) in [6.45, 7) is 12.3. The van der Waals surface area contributed by atoms with Crippen molar-refractivity contribution >= 4 is 23.6 Å². The van der Waals surface area contributed by atoms with Crippen molar-refractivity contribution in [3.8, 4) is 17.2 Å². The maximum absolute atomic E-state index is 13.8. The van der Waals surface area contributed by atoms with Crippen molar-refractivity contribution in [2.45, 2.75) is 103 Å². The number of aliphatic hydroxyl groups is 1. The summed E-state index contributed by atoms with van der Waals surface area (Å²) >= 11 is 0. The number of carbonyl (C=O) groups is 4. The van der Waals surface area contributed by atoms with Crippen molar-refractivity contribution in [1.29, 1.82) is 0 Å². The van der Waals surface area contributed by atoms with Crippen LogP contribution in [-0.4, -0.2) is 69.8 Å². The molecule has 274 valence electrons. The number of phenols is 1. The van der Waals surface area contributed by atoms with Gasteiger partial charge in [-0.25, -0.2) is 0 Å². The molecule has 3 aromatic rings. The predicted octanol–water partition coefficient (Wildman–Crippen LogP) is 3.46. The molecule has 0 bridgehead atoms. The van der Waals surface area contributed by atoms with E-state index in [-0.39, 0.29) is 42.4 Å². The molecule has 1 aliphatic rings. The number of hydrogen-bond acceptors (Lipinski definition) is 8. The second-order valence-corrected chi connectivity index (χ2v) is 14.4. The molecule has 0 saturated carbocycles. The molecule has 4 rings (SSSR count). The number of amides is 4. The van der Waals surface area contributed by atoms with Gasteiger partial charge >= 0.3 is 0 Å². The molecule has 0 radical (unpaired) electrons. The Balaban J connectivity index is 1.53. The van der Waals surface area contributed by atoms with E-state index in [0.29, 0.717) is 28.9 Å². The van der Waals surface area contributed by atoms with Gasteiger partial charge in [0.15, 0.2) is 5.60 Å². The Labute approximate surface area is 299 Å². The molecule has 7 N–H and O–H groups in total. The molecule has 12 nitrogen and oxygen atoms in total. The number of primary amides is 1. The van der Waals surface area contributed by atoms with Crippen molar-refractivity contribution in [3.05, 3.63) is 88.0 Å². The number of nitrogens with one attached hydrogen (secondary N) is 3. The molecule has 1 heterocycles. The Bertz CT molecular complexity index is 1770. The minimum absolute atomic E-state index is 0.183. The number of aromatic hydroxyl groups is 1. The van der Waals surface area contributed by atoms with Gasteiger partial charge in [-0.1, -0.05) is 42.5 Å². The first kappa shape index (κ1) is 38.7. The van der Waals surface area contributed by atoms with Gasteiger partial charge in [0.1, 0.15) is 36.0 Å². The molecule has 0 aromatic heterocycles. The van der Waals surface area contributed by atoms with Crippen molar-refractivity contribution in [3.63, 3.8) is 0 Å². The van der Waals surface area contributed by atoms with Crippen LogP contribution in [0.3, 0.4) is 0 Å². The monoisotopic (exact) mass is 702 g/mol. The molecule has 1 aliphatic heterocycles. The van der Waals surface area contributed by atoms with E-state index in [0.717, 1.165) is 11.1 Å². The lowest BCUT2D eigenvalue weighted by Crippen LogP contribution is -2.59. The summed E-state index contributed by atoms with van der Waals surface area (Å²) in [7, 11) is 0. The van der Waals surface area contributed by atoms with Crippen LogP contribution in [-0.2, 0) is 27.2 Å². The van der Waals surface area contributed by atoms with Crippen molar-refractivity contribution in [2.75, 3.05) is 6.61 Å². The van der Waals surface area contributed by atoms with Crippen LogP contribution in [0.25, 0.3) is 0 Å². The fraction of sp³-hybridized carbons (Fsp3) is 0.436. The van der Waals surface area contributed by atoms with Gasteiger partial charge in [-0.2, -0.15) is 0 Å². The van der Waals surface area contributed by atoms with Gasteiger partial charge in [-0.3, -0.25) is 19.2 Å². The molecule has 4 amide bonds. The van der Waals surface area contributed by atoms with E-state index in [1.807, 2.05) is 58.0 Å². The van der Waals surface area contributed by atoms with Crippen LogP contribution in [0.4, 0.5) is 0 Å². The average Bonchev–Trinajstić information content (AvgIpc) is 3.07. The smallest absolute Gasteiger partial charge is 0.264 e. The van der Waals surface area contributed by atoms with Crippen LogP contribution in [0.2, 0.25) is 0 Å². The zero-order chi connectivity index (χ0) is 37.7. The number of carbonyl (C=O) groups excluding carboxylic acids is 4. The van der Waals surface area contributed by atoms with E-state index in [1.54, 1.807) is 45.0 Å². The summed E-state index contributed by atoms with van der Waals surface area (Å²) in [4.78, 5) is 52.7. The Morgan fingerprint density at radius 3 is 2.25 bits per heavy atom. The number of benzene rings is 3. The summed E-state index contributed by atoms with van der Waals surface area (Å²) in [6.07, 6.45) is -0.904. The number of phenolic OH excluding ortho intramolecular Hbond substituents is 1. The number of hydrogen-bond donors (Lipinski definition) is 6. The van der Waals surface area contributed by atoms with E-state index in [4.69, 9.17) is 15.2 Å². The second kappa shape index (κ2) is 15.8. The van der Waals surface area contributed by atoms with E-state index in [2.05, 4.69) is 16.0 Å². The van der Waals surface area contributed by atoms with E-state index in [1.165, 1.54) is 0 Å². The first-order chi connectivity index (χ1) is 23.9. The van der Waals surface area contributed by atoms with Gasteiger partial charge < -0.3 is 41.4 Å². The van der Waals surface area contributed by atoms with Gasteiger partial charge in [0, 0.05) is 17.5 Å². The van der Waals surface area contributed by atoms with Crippen LogP contribution in [0.15, 0.2) is 54.6 Å². The number of para-hydroxylation sites is 1. The lowest BCUT2D eigenvalue weighted by molar-refractivity contribution is -0.141. The van der Waals surface area contributed by atoms with E-state index < -0.39 is 53.5 Å². The maximum atomic E-state index is 13.8. The normalized spacial score (nSPS) is 17.2. The van der Waals surface area contributed by atoms with Crippen LogP contribution in [0, 0.1) is 20.8 Å². The van der Waals surface area contributed by atoms with Gasteiger partial charge in [-0.05, 0) is 95.7 Å². The van der Waals surface area contributed by atoms with Crippen LogP contribution in [0.5, 0.6) is 17.2 Å². The standard InChI is InChI=1S/C39H50N4O8/c1-22-23(2)34-26(24(3)33(22)46)17-18-39(7,51-34)37(49)42-29(20-32(40)45)36(48)41-28(19-25-13-9-8-10-14-25)30(44)21-50-31-16-12-11-15-27(31)35(47)43-38(4,5)6/h8-16,28-30,44,46H,17-21H2,1-7H3,(H2,40,45)(H,41,48)(H,42,49)(H,43,47)/t28-,29-,30-,39?/m0/s1. The zero-order valence-electron chi connectivity index (χ0n) is 30.4. The summed E-state index contributed by atoms with van der Waals surface area (Å²) in [5.41, 5.74) is 7.57. The van der Waals surface area contributed by atoms with Gasteiger partial charge in [0.25, 0.3) is 11.8 Å². The predicted molar refractivity (Wildman–Crippen MR) is 193 cm³/mol. The molecule has 12 heteroatoms. The number of fused-ring (bicyclic) bond motifs is 1. The molecule has 0 saturated heterocycles. The molecule has 1 unspecified atom stereocenters. The van der Waals surface area contributed by atoms with E-state index in [9.17, 15) is 29.4 Å². The minimum Gasteiger partial charge on any atom is -0.507 e. The van der Waals surface area contributed by atoms with Crippen LogP contribution >= 0.6 is 0 Å². The van der Waals surface area contributed by atoms with Gasteiger partial charge in [-0.15, -0.1) is 0 Å². The van der Waals surface area contributed by atoms with Crippen molar-refractivity contribution < 1.29 is 38.9 Å². The first-order valence-electron chi connectivity index (χ1n) is 17.1. The SMILES string of the molecule is Cc1c(C)c2c(c(C)c1O)CCC(C)(C(=O)N[C@@H](CC(N)=O)C(=O)N[C@@H](Cc1ccccc1)[C@@H](O)COc1ccccc1C(=O)NC(C)(C)C)O2. The number of nitrogens with two attached hydrogens (primary N) is 1. The Hall–Kier alpha value is -5.10. The summed E-state index contributed by atoms with van der Waals surface area (Å²) in [5.74, 6) is -1.57. The third-order valence-electron chi connectivity index (χ3n) is 9.15. The van der Waals surface area contributed by atoms with Crippen molar-refractivity contribution in [2.24, 2.45) is 5.73 Å². The average molecular weight is 703 g/mol. The highest BCUT2D eigenvalue weighted by molar-refractivity contribution is 5.97. The summed E-state index contributed by atoms with van der Waals surface area (Å²) < 4.78 is 12.2. The first-order valence-corrected chi connectivity index (χ1v) is 17.1. The van der Waals surface area contributed by atoms with Crippen LogP contribution < -0.4 is 31.2 Å². The zero-order valence-corrected chi connectivity index (χ0v) is 30.4. The molecular weight excluding hydrogens is 652 g/mol. The molecule has 0 aliphatic carbocycles. The highest BCUT2D eigenvalue weighted by atomic mass is 16.5. The number of ether oxygens (including phenoxy) is 2. The number of rotatable bonds is 13. The molecule has 0 spiro atoms. The molecule has 4 atom stereocenters. The Morgan fingerprint density at radius 2 is 1.61 bits per heavy atom. The summed E-state index contributed by atoms with van der Waals surface area (Å²) in [6, 6.07) is 13.5. The third-order valence-corrected chi connectivity index (χ3v) is 9.15. The second-order valence-electron chi connectivity index (χ2n) is 14.4. The quantitative estimate of drug-likeness (QED) is 0.156. The third kappa shape index (κ3) is 9.57. The highest BCUT2D eigenvalue weighted by Crippen LogP contribution is 2.43. The summed E-state index contributed by atoms with van der Waals surface area (Å²) in [5, 5.41) is 30.3. The Morgan fingerprint density at radius 1 is 0.961 bits per heavy atom. The minimum atomic E-state index is -1.40. The lowest BCUT2D eigenvalue weighted by Gasteiger charge is -2.37. The van der Waals surface area contributed by atoms with Crippen molar-refractivity contribution in [1.82, 2.24) is 16.0 Å². The molecule has 51 heavy (non-hydrogen) atoms. The fourth-order valence-corrected chi connectivity index (χ4v) is 6.04. The van der Waals surface area contributed by atoms with Crippen LogP contribution in [0.1, 0.15) is 78.7 Å². The highest BCUT2D eigenvalue weighted by Gasteiger charge is 2.42. The molecule has 0 fully saturated rings. The fourth-order valence-electron chi connectivity index (χ4n) is 6.04. The molecule has 3 aromatic carbocycles. The van der Waals surface area contributed by atoms with Gasteiger partial charge in [0.2, 0.25) is 11.8 Å². The maximum Gasteiger partial charge on any atom is 0.264 e. The van der Waals surface area contributed by atoms with Gasteiger partial charge in [0.05, 0.1) is 18.0 Å². The van der Waals surface area contributed by atoms with E-state index >= 15 is 0 Å². The Kier molecular flexibility index (Phi) is 12.0. The topological polar surface area (TPSA) is 189 Å². The largest absolute Gasteiger partial charge is 0.507 e.